The molecule has 2 atom stereocenters. The molecule has 0 bridgehead atoms. The first-order valence-corrected chi connectivity index (χ1v) is 6.41. The van der Waals surface area contributed by atoms with E-state index >= 15 is 0 Å². The van der Waals surface area contributed by atoms with E-state index in [4.69, 9.17) is 5.26 Å². The number of carbonyl (C=O) groups is 1. The van der Waals surface area contributed by atoms with Gasteiger partial charge in [-0.05, 0) is 24.6 Å². The first kappa shape index (κ1) is 15.3. The number of nitrogens with zero attached hydrogens (tertiary/aromatic N) is 2. The van der Waals surface area contributed by atoms with E-state index in [2.05, 4.69) is 0 Å². The van der Waals surface area contributed by atoms with Gasteiger partial charge in [0.15, 0.2) is 0 Å². The van der Waals surface area contributed by atoms with Crippen molar-refractivity contribution in [1.29, 1.82) is 5.26 Å². The van der Waals surface area contributed by atoms with Crippen LogP contribution in [-0.2, 0) is 11.0 Å². The molecule has 21 heavy (non-hydrogen) atoms. The maximum absolute atomic E-state index is 13.2. The standard InChI is InChI=1S/C14H13F3N2O2/c1-2-10-12(20)6-13(21)19(10)11-4-3-8(7-18)5-9(11)14(15,16)17/h3-5,10,12,20H,2,6H2,1H3/t10-,12-/m0/s1. The maximum atomic E-state index is 13.2. The summed E-state index contributed by atoms with van der Waals surface area (Å²) in [6.07, 6.45) is -5.53. The number of rotatable bonds is 2. The Balaban J connectivity index is 2.58. The SMILES string of the molecule is CC[C@H]1[C@@H](O)CC(=O)N1c1ccc(C#N)cc1C(F)(F)F. The summed E-state index contributed by atoms with van der Waals surface area (Å²) in [6, 6.07) is 4.03. The summed E-state index contributed by atoms with van der Waals surface area (Å²) in [5.74, 6) is -0.551. The summed E-state index contributed by atoms with van der Waals surface area (Å²) >= 11 is 0. The molecule has 112 valence electrons. The Bertz CT molecular complexity index is 607. The zero-order valence-electron chi connectivity index (χ0n) is 11.2. The van der Waals surface area contributed by atoms with E-state index in [-0.39, 0.29) is 17.7 Å². The molecule has 7 heteroatoms. The van der Waals surface area contributed by atoms with Gasteiger partial charge in [-0.2, -0.15) is 18.4 Å². The Labute approximate surface area is 119 Å². The maximum Gasteiger partial charge on any atom is 0.418 e. The number of anilines is 1. The highest BCUT2D eigenvalue weighted by Crippen LogP contribution is 2.40. The normalized spacial score (nSPS) is 22.5. The molecule has 1 amide bonds. The molecule has 1 fully saturated rings. The van der Waals surface area contributed by atoms with Crippen LogP contribution in [0.5, 0.6) is 0 Å². The number of halogens is 3. The minimum Gasteiger partial charge on any atom is -0.390 e. The van der Waals surface area contributed by atoms with Gasteiger partial charge >= 0.3 is 6.18 Å². The fourth-order valence-corrected chi connectivity index (χ4v) is 2.58. The monoisotopic (exact) mass is 298 g/mol. The highest BCUT2D eigenvalue weighted by Gasteiger charge is 2.43. The predicted molar refractivity (Wildman–Crippen MR) is 68.3 cm³/mol. The van der Waals surface area contributed by atoms with E-state index in [1.807, 2.05) is 0 Å². The molecule has 4 nitrogen and oxygen atoms in total. The van der Waals surface area contributed by atoms with Crippen LogP contribution in [0.1, 0.15) is 30.9 Å². The van der Waals surface area contributed by atoms with E-state index in [1.54, 1.807) is 13.0 Å². The topological polar surface area (TPSA) is 64.3 Å². The summed E-state index contributed by atoms with van der Waals surface area (Å²) in [7, 11) is 0. The van der Waals surface area contributed by atoms with Gasteiger partial charge in [-0.25, -0.2) is 0 Å². The molecular formula is C14H13F3N2O2. The van der Waals surface area contributed by atoms with Gasteiger partial charge in [0, 0.05) is 0 Å². The fraction of sp³-hybridized carbons (Fsp3) is 0.429. The fourth-order valence-electron chi connectivity index (χ4n) is 2.58. The Morgan fingerprint density at radius 2 is 2.14 bits per heavy atom. The van der Waals surface area contributed by atoms with Gasteiger partial charge in [-0.3, -0.25) is 4.79 Å². The van der Waals surface area contributed by atoms with E-state index in [1.165, 1.54) is 6.07 Å². The number of hydrogen-bond acceptors (Lipinski definition) is 3. The Morgan fingerprint density at radius 1 is 1.48 bits per heavy atom. The number of carbonyl (C=O) groups excluding carboxylic acids is 1. The number of amides is 1. The van der Waals surface area contributed by atoms with Crippen molar-refractivity contribution < 1.29 is 23.1 Å². The molecule has 1 heterocycles. The van der Waals surface area contributed by atoms with Gasteiger partial charge in [-0.15, -0.1) is 0 Å². The number of aliphatic hydroxyl groups excluding tert-OH is 1. The zero-order chi connectivity index (χ0) is 15.8. The van der Waals surface area contributed by atoms with Gasteiger partial charge in [0.1, 0.15) is 0 Å². The molecule has 0 unspecified atom stereocenters. The van der Waals surface area contributed by atoms with E-state index < -0.39 is 29.8 Å². The van der Waals surface area contributed by atoms with Crippen LogP contribution in [0.3, 0.4) is 0 Å². The second-order valence-electron chi connectivity index (χ2n) is 4.85. The quantitative estimate of drug-likeness (QED) is 0.912. The minimum atomic E-state index is -4.69. The average molecular weight is 298 g/mol. The Morgan fingerprint density at radius 3 is 2.67 bits per heavy atom. The third-order valence-corrected chi connectivity index (χ3v) is 3.54. The van der Waals surface area contributed by atoms with Crippen molar-refractivity contribution in [3.63, 3.8) is 0 Å². The number of nitriles is 1. The molecule has 1 aromatic rings. The van der Waals surface area contributed by atoms with Crippen molar-refractivity contribution in [2.45, 2.75) is 38.1 Å². The molecule has 0 aliphatic carbocycles. The third-order valence-electron chi connectivity index (χ3n) is 3.54. The molecule has 0 saturated carbocycles. The summed E-state index contributed by atoms with van der Waals surface area (Å²) in [5, 5.41) is 18.5. The molecule has 0 aromatic heterocycles. The molecule has 1 aliphatic rings. The molecule has 2 rings (SSSR count). The first-order chi connectivity index (χ1) is 9.79. The largest absolute Gasteiger partial charge is 0.418 e. The second kappa shape index (κ2) is 5.37. The van der Waals surface area contributed by atoms with Crippen LogP contribution in [-0.4, -0.2) is 23.2 Å². The molecule has 0 spiro atoms. The molecule has 1 N–H and O–H groups in total. The number of benzene rings is 1. The predicted octanol–water partition coefficient (Wildman–Crippen LogP) is 2.45. The zero-order valence-corrected chi connectivity index (χ0v) is 11.2. The van der Waals surface area contributed by atoms with Gasteiger partial charge in [0.05, 0.1) is 41.5 Å². The van der Waals surface area contributed by atoms with Crippen molar-refractivity contribution >= 4 is 11.6 Å². The summed E-state index contributed by atoms with van der Waals surface area (Å²) < 4.78 is 39.5. The number of hydrogen-bond donors (Lipinski definition) is 1. The van der Waals surface area contributed by atoms with Gasteiger partial charge in [0.25, 0.3) is 0 Å². The molecule has 0 radical (unpaired) electrons. The second-order valence-corrected chi connectivity index (χ2v) is 4.85. The van der Waals surface area contributed by atoms with Crippen LogP contribution in [0, 0.1) is 11.3 Å². The lowest BCUT2D eigenvalue weighted by Gasteiger charge is -2.28. The van der Waals surface area contributed by atoms with Crippen molar-refractivity contribution in [2.75, 3.05) is 4.90 Å². The average Bonchev–Trinajstić information content (AvgIpc) is 2.70. The molecule has 1 aromatic carbocycles. The van der Waals surface area contributed by atoms with Gasteiger partial charge < -0.3 is 10.0 Å². The van der Waals surface area contributed by atoms with Crippen LogP contribution < -0.4 is 4.90 Å². The van der Waals surface area contributed by atoms with Gasteiger partial charge in [-0.1, -0.05) is 6.92 Å². The Kier molecular flexibility index (Phi) is 3.92. The van der Waals surface area contributed by atoms with Crippen LogP contribution in [0.15, 0.2) is 18.2 Å². The van der Waals surface area contributed by atoms with Crippen molar-refractivity contribution in [3.05, 3.63) is 29.3 Å². The lowest BCUT2D eigenvalue weighted by atomic mass is 10.1. The highest BCUT2D eigenvalue weighted by atomic mass is 19.4. The summed E-state index contributed by atoms with van der Waals surface area (Å²) in [4.78, 5) is 12.9. The first-order valence-electron chi connectivity index (χ1n) is 6.41. The Hall–Kier alpha value is -2.07. The number of aliphatic hydroxyl groups is 1. The smallest absolute Gasteiger partial charge is 0.390 e. The highest BCUT2D eigenvalue weighted by molar-refractivity contribution is 5.97. The van der Waals surface area contributed by atoms with Crippen LogP contribution in [0.2, 0.25) is 0 Å². The van der Waals surface area contributed by atoms with Gasteiger partial charge in [0.2, 0.25) is 5.91 Å². The van der Waals surface area contributed by atoms with E-state index in [0.29, 0.717) is 6.42 Å². The molecule has 1 saturated heterocycles. The van der Waals surface area contributed by atoms with Crippen molar-refractivity contribution in [2.24, 2.45) is 0 Å². The van der Waals surface area contributed by atoms with Crippen LogP contribution in [0.4, 0.5) is 18.9 Å². The lowest BCUT2D eigenvalue weighted by molar-refractivity contribution is -0.137. The molecule has 1 aliphatic heterocycles. The summed E-state index contributed by atoms with van der Waals surface area (Å²) in [6.45, 7) is 1.69. The lowest BCUT2D eigenvalue weighted by Crippen LogP contribution is -2.37. The third kappa shape index (κ3) is 2.72. The van der Waals surface area contributed by atoms with E-state index in [9.17, 15) is 23.1 Å². The minimum absolute atomic E-state index is 0.133. The van der Waals surface area contributed by atoms with Crippen LogP contribution >= 0.6 is 0 Å². The van der Waals surface area contributed by atoms with E-state index in [0.717, 1.165) is 17.0 Å². The number of alkyl halides is 3. The van der Waals surface area contributed by atoms with Crippen LogP contribution in [0.25, 0.3) is 0 Å². The molecular weight excluding hydrogens is 285 g/mol. The van der Waals surface area contributed by atoms with Crippen molar-refractivity contribution in [1.82, 2.24) is 0 Å². The van der Waals surface area contributed by atoms with Crippen molar-refractivity contribution in [3.8, 4) is 6.07 Å². The summed E-state index contributed by atoms with van der Waals surface area (Å²) in [5.41, 5.74) is -1.48.